The van der Waals surface area contributed by atoms with Crippen LogP contribution in [0.25, 0.3) is 0 Å². The molecule has 0 aromatic carbocycles. The Morgan fingerprint density at radius 2 is 1.94 bits per heavy atom. The molecule has 0 aromatic rings. The molecular weight excluding hydrogens is 206 g/mol. The lowest BCUT2D eigenvalue weighted by atomic mass is 10.3. The second-order valence-electron chi connectivity index (χ2n) is 4.39. The highest BCUT2D eigenvalue weighted by Gasteiger charge is 2.21. The lowest BCUT2D eigenvalue weighted by Gasteiger charge is -2.34. The number of carbonyl (C=O) groups is 1. The highest BCUT2D eigenvalue weighted by molar-refractivity contribution is 5.79. The number of hydrogen-bond acceptors (Lipinski definition) is 3. The van der Waals surface area contributed by atoms with Gasteiger partial charge in [-0.3, -0.25) is 10.3 Å². The van der Waals surface area contributed by atoms with Crippen LogP contribution in [-0.2, 0) is 0 Å². The first kappa shape index (κ1) is 12.8. The van der Waals surface area contributed by atoms with Crippen LogP contribution in [0.2, 0.25) is 0 Å². The van der Waals surface area contributed by atoms with Crippen molar-refractivity contribution in [2.45, 2.75) is 19.9 Å². The van der Waals surface area contributed by atoms with Crippen molar-refractivity contribution in [3.05, 3.63) is 0 Å². The van der Waals surface area contributed by atoms with Gasteiger partial charge in [-0.05, 0) is 13.8 Å². The smallest absolute Gasteiger partial charge is 0.317 e. The number of rotatable bonds is 3. The van der Waals surface area contributed by atoms with Gasteiger partial charge in [0.05, 0.1) is 6.54 Å². The lowest BCUT2D eigenvalue weighted by molar-refractivity contribution is 0.147. The molecule has 1 aliphatic rings. The van der Waals surface area contributed by atoms with Gasteiger partial charge in [0.15, 0.2) is 0 Å². The summed E-state index contributed by atoms with van der Waals surface area (Å²) in [5, 5.41) is 10.1. The van der Waals surface area contributed by atoms with Crippen molar-refractivity contribution in [3.8, 4) is 0 Å². The van der Waals surface area contributed by atoms with E-state index in [0.717, 1.165) is 13.1 Å². The van der Waals surface area contributed by atoms with Crippen molar-refractivity contribution >= 4 is 11.9 Å². The van der Waals surface area contributed by atoms with Crippen molar-refractivity contribution in [2.24, 2.45) is 5.73 Å². The fourth-order valence-corrected chi connectivity index (χ4v) is 1.69. The van der Waals surface area contributed by atoms with Gasteiger partial charge in [0.1, 0.15) is 5.84 Å². The van der Waals surface area contributed by atoms with Gasteiger partial charge in [-0.25, -0.2) is 4.79 Å². The molecule has 0 radical (unpaired) electrons. The Labute approximate surface area is 96.3 Å². The van der Waals surface area contributed by atoms with Gasteiger partial charge < -0.3 is 16.0 Å². The van der Waals surface area contributed by atoms with Crippen LogP contribution in [0.1, 0.15) is 13.8 Å². The summed E-state index contributed by atoms with van der Waals surface area (Å²) in [5.74, 6) is 0.181. The Hall–Kier alpha value is -1.30. The summed E-state index contributed by atoms with van der Waals surface area (Å²) < 4.78 is 0. The highest BCUT2D eigenvalue weighted by Crippen LogP contribution is 2.01. The molecule has 1 saturated heterocycles. The first-order valence-electron chi connectivity index (χ1n) is 5.59. The molecule has 1 fully saturated rings. The van der Waals surface area contributed by atoms with E-state index in [0.29, 0.717) is 19.6 Å². The molecule has 0 saturated carbocycles. The maximum absolute atomic E-state index is 11.7. The maximum Gasteiger partial charge on any atom is 0.317 e. The van der Waals surface area contributed by atoms with E-state index in [1.807, 2.05) is 13.8 Å². The standard InChI is InChI=1S/C10H21N5O/c1-8(2)13-10(16)15-5-3-14(4-6-15)7-9(11)12/h8H,3-7H2,1-2H3,(H3,11,12)(H,13,16). The van der Waals surface area contributed by atoms with Gasteiger partial charge in [-0.2, -0.15) is 0 Å². The molecular formula is C10H21N5O. The van der Waals surface area contributed by atoms with E-state index in [9.17, 15) is 4.79 Å². The summed E-state index contributed by atoms with van der Waals surface area (Å²) in [6, 6.07) is 0.167. The topological polar surface area (TPSA) is 85.5 Å². The number of piperazine rings is 1. The molecule has 92 valence electrons. The van der Waals surface area contributed by atoms with Crippen LogP contribution in [0.15, 0.2) is 0 Å². The van der Waals surface area contributed by atoms with Crippen LogP contribution in [0.3, 0.4) is 0 Å². The number of amidine groups is 1. The quantitative estimate of drug-likeness (QED) is 0.455. The normalized spacial score (nSPS) is 17.6. The van der Waals surface area contributed by atoms with E-state index in [4.69, 9.17) is 11.1 Å². The summed E-state index contributed by atoms with van der Waals surface area (Å²) >= 11 is 0. The molecule has 1 aliphatic heterocycles. The molecule has 6 heteroatoms. The molecule has 1 heterocycles. The number of urea groups is 1. The number of carbonyl (C=O) groups excluding carboxylic acids is 1. The number of nitrogens with one attached hydrogen (secondary N) is 2. The van der Waals surface area contributed by atoms with Gasteiger partial charge in [-0.1, -0.05) is 0 Å². The van der Waals surface area contributed by atoms with Gasteiger partial charge >= 0.3 is 6.03 Å². The number of hydrogen-bond donors (Lipinski definition) is 3. The van der Waals surface area contributed by atoms with Crippen molar-refractivity contribution in [3.63, 3.8) is 0 Å². The second-order valence-corrected chi connectivity index (χ2v) is 4.39. The van der Waals surface area contributed by atoms with Gasteiger partial charge in [0.2, 0.25) is 0 Å². The molecule has 16 heavy (non-hydrogen) atoms. The summed E-state index contributed by atoms with van der Waals surface area (Å²) in [6.07, 6.45) is 0. The van der Waals surface area contributed by atoms with Crippen molar-refractivity contribution in [1.82, 2.24) is 15.1 Å². The Kier molecular flexibility index (Phi) is 4.54. The van der Waals surface area contributed by atoms with Gasteiger partial charge in [-0.15, -0.1) is 0 Å². The zero-order chi connectivity index (χ0) is 12.1. The third-order valence-corrected chi connectivity index (χ3v) is 2.47. The highest BCUT2D eigenvalue weighted by atomic mass is 16.2. The van der Waals surface area contributed by atoms with Crippen LogP contribution in [-0.4, -0.2) is 60.4 Å². The second kappa shape index (κ2) is 5.69. The summed E-state index contributed by atoms with van der Waals surface area (Å²) in [4.78, 5) is 15.6. The molecule has 0 atom stereocenters. The lowest BCUT2D eigenvalue weighted by Crippen LogP contribution is -2.53. The predicted octanol–water partition coefficient (Wildman–Crippen LogP) is -0.342. The maximum atomic E-state index is 11.7. The molecule has 4 N–H and O–H groups in total. The van der Waals surface area contributed by atoms with Crippen molar-refractivity contribution in [1.29, 1.82) is 5.41 Å². The molecule has 0 aromatic heterocycles. The van der Waals surface area contributed by atoms with E-state index >= 15 is 0 Å². The van der Waals surface area contributed by atoms with Crippen LogP contribution in [0.4, 0.5) is 4.79 Å². The van der Waals surface area contributed by atoms with Crippen LogP contribution in [0, 0.1) is 5.41 Å². The summed E-state index contributed by atoms with van der Waals surface area (Å²) in [5.41, 5.74) is 5.33. The number of nitrogens with zero attached hydrogens (tertiary/aromatic N) is 2. The Morgan fingerprint density at radius 3 is 2.38 bits per heavy atom. The molecule has 2 amide bonds. The minimum absolute atomic E-state index is 0.00234. The zero-order valence-corrected chi connectivity index (χ0v) is 9.99. The monoisotopic (exact) mass is 227 g/mol. The minimum Gasteiger partial charge on any atom is -0.387 e. The van der Waals surface area contributed by atoms with Crippen LogP contribution in [0.5, 0.6) is 0 Å². The van der Waals surface area contributed by atoms with E-state index < -0.39 is 0 Å². The Bertz CT molecular complexity index is 258. The van der Waals surface area contributed by atoms with E-state index in [1.54, 1.807) is 4.90 Å². The molecule has 0 spiro atoms. The minimum atomic E-state index is -0.00234. The first-order chi connectivity index (χ1) is 7.49. The summed E-state index contributed by atoms with van der Waals surface area (Å²) in [7, 11) is 0. The largest absolute Gasteiger partial charge is 0.387 e. The Balaban J connectivity index is 2.31. The predicted molar refractivity (Wildman–Crippen MR) is 63.6 cm³/mol. The SMILES string of the molecule is CC(C)NC(=O)N1CCN(CC(=N)N)CC1. The molecule has 0 bridgehead atoms. The zero-order valence-electron chi connectivity index (χ0n) is 9.99. The van der Waals surface area contributed by atoms with E-state index in [1.165, 1.54) is 0 Å². The van der Waals surface area contributed by atoms with Crippen LogP contribution < -0.4 is 11.1 Å². The Morgan fingerprint density at radius 1 is 1.38 bits per heavy atom. The van der Waals surface area contributed by atoms with Crippen molar-refractivity contribution in [2.75, 3.05) is 32.7 Å². The van der Waals surface area contributed by atoms with Crippen molar-refractivity contribution < 1.29 is 4.79 Å². The molecule has 0 aliphatic carbocycles. The number of nitrogens with two attached hydrogens (primary N) is 1. The average molecular weight is 227 g/mol. The van der Waals surface area contributed by atoms with E-state index in [2.05, 4.69) is 10.2 Å². The van der Waals surface area contributed by atoms with Gasteiger partial charge in [0.25, 0.3) is 0 Å². The van der Waals surface area contributed by atoms with E-state index in [-0.39, 0.29) is 17.9 Å². The molecule has 6 nitrogen and oxygen atoms in total. The van der Waals surface area contributed by atoms with Gasteiger partial charge in [0, 0.05) is 32.2 Å². The third kappa shape index (κ3) is 4.06. The van der Waals surface area contributed by atoms with Crippen LogP contribution >= 0.6 is 0 Å². The number of amides is 2. The third-order valence-electron chi connectivity index (χ3n) is 2.47. The fraction of sp³-hybridized carbons (Fsp3) is 0.800. The average Bonchev–Trinajstić information content (AvgIpc) is 2.16. The fourth-order valence-electron chi connectivity index (χ4n) is 1.69. The first-order valence-corrected chi connectivity index (χ1v) is 5.59. The molecule has 0 unspecified atom stereocenters. The molecule has 1 rings (SSSR count). The summed E-state index contributed by atoms with van der Waals surface area (Å²) in [6.45, 7) is 7.36.